The molecule has 2 aliphatic heterocycles. The summed E-state index contributed by atoms with van der Waals surface area (Å²) in [6, 6.07) is 7.74. The fraction of sp³-hybridized carbons (Fsp3) is 0.294. The number of hydrogen-bond acceptors (Lipinski definition) is 7. The zero-order valence-electron chi connectivity index (χ0n) is 14.3. The Bertz CT molecular complexity index is 838. The Hall–Kier alpha value is -2.85. The van der Waals surface area contributed by atoms with Crippen molar-refractivity contribution in [1.29, 1.82) is 0 Å². The van der Waals surface area contributed by atoms with Crippen LogP contribution in [0.15, 0.2) is 46.8 Å². The molecule has 2 heterocycles. The highest BCUT2D eigenvalue weighted by Crippen LogP contribution is 2.40. The van der Waals surface area contributed by atoms with Crippen LogP contribution in [0, 0.1) is 0 Å². The third-order valence-corrected chi connectivity index (χ3v) is 5.51. The van der Waals surface area contributed by atoms with Crippen molar-refractivity contribution in [3.8, 4) is 0 Å². The van der Waals surface area contributed by atoms with Crippen molar-refractivity contribution in [3.05, 3.63) is 47.2 Å². The maximum absolute atomic E-state index is 12.6. The average molecular weight is 391 g/mol. The summed E-state index contributed by atoms with van der Waals surface area (Å²) >= 11 is 1.28. The van der Waals surface area contributed by atoms with Gasteiger partial charge in [-0.25, -0.2) is 4.79 Å². The second kappa shape index (κ2) is 7.80. The maximum Gasteiger partial charge on any atom is 0.352 e. The summed E-state index contributed by atoms with van der Waals surface area (Å²) in [4.78, 5) is 42.4. The van der Waals surface area contributed by atoms with Gasteiger partial charge in [-0.2, -0.15) is 0 Å². The lowest BCUT2D eigenvalue weighted by molar-refractivity contribution is -0.150. The van der Waals surface area contributed by atoms with Crippen LogP contribution in [0.5, 0.6) is 0 Å². The summed E-state index contributed by atoms with van der Waals surface area (Å²) < 4.78 is 0. The van der Waals surface area contributed by atoms with Crippen LogP contribution in [0.25, 0.3) is 0 Å². The number of carbonyl (C=O) groups is 3. The van der Waals surface area contributed by atoms with Crippen molar-refractivity contribution in [3.63, 3.8) is 0 Å². The fourth-order valence-electron chi connectivity index (χ4n) is 2.93. The fourth-order valence-corrected chi connectivity index (χ4v) is 4.26. The highest BCUT2D eigenvalue weighted by molar-refractivity contribution is 8.00. The topological polar surface area (TPSA) is 129 Å². The van der Waals surface area contributed by atoms with Crippen LogP contribution < -0.4 is 5.32 Å². The summed E-state index contributed by atoms with van der Waals surface area (Å²) in [5, 5.41) is 24.5. The largest absolute Gasteiger partial charge is 0.477 e. The number of carboxylic acid groups (broad SMARTS) is 1. The molecular formula is C17H17N3O6S. The molecule has 2 aliphatic rings. The van der Waals surface area contributed by atoms with E-state index in [1.807, 2.05) is 0 Å². The molecule has 9 nitrogen and oxygen atoms in total. The van der Waals surface area contributed by atoms with Crippen molar-refractivity contribution in [1.82, 2.24) is 10.2 Å². The first-order chi connectivity index (χ1) is 13.0. The Kier molecular flexibility index (Phi) is 5.47. The van der Waals surface area contributed by atoms with Crippen LogP contribution in [-0.2, 0) is 19.2 Å². The molecule has 0 aromatic heterocycles. The van der Waals surface area contributed by atoms with E-state index in [-0.39, 0.29) is 22.7 Å². The lowest BCUT2D eigenvalue weighted by Gasteiger charge is -2.49. The maximum atomic E-state index is 12.6. The smallest absolute Gasteiger partial charge is 0.352 e. The first-order valence-electron chi connectivity index (χ1n) is 7.97. The molecule has 3 rings (SSSR count). The molecule has 0 aliphatic carbocycles. The number of rotatable bonds is 6. The normalized spacial score (nSPS) is 22.1. The number of amides is 2. The molecule has 1 aromatic rings. The highest BCUT2D eigenvalue weighted by Gasteiger charge is 2.54. The number of carbonyl (C=O) groups excluding carboxylic acids is 2. The number of oxime groups is 1. The SMILES string of the molecule is CON=C(C(=O)N[C@@H]1C(=O)N2C(C(=O)O)=C(CO)CS[C@H]12)c1ccccc1. The van der Waals surface area contributed by atoms with Crippen molar-refractivity contribution in [2.24, 2.45) is 5.16 Å². The molecule has 3 N–H and O–H groups in total. The Morgan fingerprint density at radius 3 is 2.67 bits per heavy atom. The van der Waals surface area contributed by atoms with Crippen LogP contribution in [0.2, 0.25) is 0 Å². The molecule has 1 fully saturated rings. The number of aliphatic hydroxyl groups is 1. The molecular weight excluding hydrogens is 374 g/mol. The predicted octanol–water partition coefficient (Wildman–Crippen LogP) is -0.232. The van der Waals surface area contributed by atoms with Gasteiger partial charge in [-0.05, 0) is 5.57 Å². The Morgan fingerprint density at radius 1 is 1.37 bits per heavy atom. The van der Waals surface area contributed by atoms with E-state index in [1.165, 1.54) is 18.9 Å². The molecule has 27 heavy (non-hydrogen) atoms. The molecule has 0 bridgehead atoms. The molecule has 2 amide bonds. The van der Waals surface area contributed by atoms with E-state index in [4.69, 9.17) is 4.84 Å². The van der Waals surface area contributed by atoms with Gasteiger partial charge in [0.15, 0.2) is 5.71 Å². The summed E-state index contributed by atoms with van der Waals surface area (Å²) in [6.45, 7) is -0.444. The number of hydrogen-bond donors (Lipinski definition) is 3. The van der Waals surface area contributed by atoms with E-state index in [2.05, 4.69) is 10.5 Å². The van der Waals surface area contributed by atoms with Crippen molar-refractivity contribution in [2.75, 3.05) is 19.5 Å². The van der Waals surface area contributed by atoms with Gasteiger partial charge < -0.3 is 20.4 Å². The van der Waals surface area contributed by atoms with E-state index < -0.39 is 35.8 Å². The lowest BCUT2D eigenvalue weighted by Crippen LogP contribution is -2.71. The van der Waals surface area contributed by atoms with Crippen molar-refractivity contribution in [2.45, 2.75) is 11.4 Å². The standard InChI is InChI=1S/C17H17N3O6S/c1-26-19-11(9-5-3-2-4-6-9)14(22)18-12-15(23)20-13(17(24)25)10(7-21)8-27-16(12)20/h2-6,12,16,21H,7-8H2,1H3,(H,18,22)(H,24,25)/t12-,16-/m1/s1. The van der Waals surface area contributed by atoms with Crippen LogP contribution >= 0.6 is 11.8 Å². The zero-order valence-corrected chi connectivity index (χ0v) is 15.1. The average Bonchev–Trinajstić information content (AvgIpc) is 2.69. The second-order valence-electron chi connectivity index (χ2n) is 5.76. The predicted molar refractivity (Wildman–Crippen MR) is 96.8 cm³/mol. The number of aliphatic hydroxyl groups excluding tert-OH is 1. The summed E-state index contributed by atoms with van der Waals surface area (Å²) in [5.74, 6) is -2.17. The number of nitrogens with zero attached hydrogens (tertiary/aromatic N) is 2. The molecule has 10 heteroatoms. The van der Waals surface area contributed by atoms with Gasteiger partial charge in [-0.1, -0.05) is 35.5 Å². The third kappa shape index (κ3) is 3.40. The van der Waals surface area contributed by atoms with E-state index in [9.17, 15) is 24.6 Å². The van der Waals surface area contributed by atoms with Gasteiger partial charge in [0, 0.05) is 11.3 Å². The monoisotopic (exact) mass is 391 g/mol. The Morgan fingerprint density at radius 2 is 2.07 bits per heavy atom. The Balaban J connectivity index is 1.79. The number of nitrogens with one attached hydrogen (secondary N) is 1. The lowest BCUT2D eigenvalue weighted by atomic mass is 10.0. The van der Waals surface area contributed by atoms with E-state index in [0.717, 1.165) is 4.90 Å². The number of fused-ring (bicyclic) bond motifs is 1. The first kappa shape index (κ1) is 18.9. The Labute approximate surface area is 158 Å². The van der Waals surface area contributed by atoms with Gasteiger partial charge in [0.05, 0.1) is 6.61 Å². The van der Waals surface area contributed by atoms with Gasteiger partial charge in [0.25, 0.3) is 11.8 Å². The van der Waals surface area contributed by atoms with Crippen molar-refractivity contribution >= 4 is 35.3 Å². The minimum Gasteiger partial charge on any atom is -0.477 e. The minimum absolute atomic E-state index is 0.00945. The van der Waals surface area contributed by atoms with Crippen LogP contribution in [0.1, 0.15) is 5.56 Å². The number of β-lactam (4-membered cyclic amide) rings is 1. The molecule has 142 valence electrons. The summed E-state index contributed by atoms with van der Waals surface area (Å²) in [5.41, 5.74) is 0.582. The number of benzene rings is 1. The van der Waals surface area contributed by atoms with Crippen LogP contribution in [-0.4, -0.2) is 69.5 Å². The zero-order chi connectivity index (χ0) is 19.6. The highest BCUT2D eigenvalue weighted by atomic mass is 32.2. The van der Waals surface area contributed by atoms with Crippen LogP contribution in [0.3, 0.4) is 0 Å². The van der Waals surface area contributed by atoms with Gasteiger partial charge in [0.1, 0.15) is 24.2 Å². The first-order valence-corrected chi connectivity index (χ1v) is 9.02. The molecule has 1 saturated heterocycles. The summed E-state index contributed by atoms with van der Waals surface area (Å²) in [7, 11) is 1.31. The number of thioether (sulfide) groups is 1. The number of aliphatic carboxylic acids is 1. The number of carboxylic acids is 1. The van der Waals surface area contributed by atoms with Gasteiger partial charge >= 0.3 is 5.97 Å². The van der Waals surface area contributed by atoms with Crippen LogP contribution in [0.4, 0.5) is 0 Å². The van der Waals surface area contributed by atoms with E-state index in [1.54, 1.807) is 30.3 Å². The van der Waals surface area contributed by atoms with E-state index >= 15 is 0 Å². The second-order valence-corrected chi connectivity index (χ2v) is 6.87. The van der Waals surface area contributed by atoms with Gasteiger partial charge in [-0.15, -0.1) is 11.8 Å². The van der Waals surface area contributed by atoms with Gasteiger partial charge in [0.2, 0.25) is 0 Å². The van der Waals surface area contributed by atoms with Gasteiger partial charge in [-0.3, -0.25) is 14.5 Å². The molecule has 0 spiro atoms. The molecule has 0 saturated carbocycles. The third-order valence-electron chi connectivity index (χ3n) is 4.17. The quantitative estimate of drug-likeness (QED) is 0.347. The molecule has 0 radical (unpaired) electrons. The van der Waals surface area contributed by atoms with E-state index in [0.29, 0.717) is 5.56 Å². The molecule has 1 aromatic carbocycles. The molecule has 2 atom stereocenters. The summed E-state index contributed by atoms with van der Waals surface area (Å²) in [6.07, 6.45) is 0. The van der Waals surface area contributed by atoms with Crippen molar-refractivity contribution < 1.29 is 29.4 Å². The minimum atomic E-state index is -1.28. The molecule has 0 unspecified atom stereocenters.